The van der Waals surface area contributed by atoms with Gasteiger partial charge in [-0.3, -0.25) is 0 Å². The van der Waals surface area contributed by atoms with Crippen LogP contribution >= 0.6 is 23.2 Å². The second-order valence-corrected chi connectivity index (χ2v) is 7.39. The molecular formula is C23H22Cl2FNO2. The summed E-state index contributed by atoms with van der Waals surface area (Å²) in [6, 6.07) is 18.0. The molecule has 0 fully saturated rings. The highest BCUT2D eigenvalue weighted by atomic mass is 35.5. The summed E-state index contributed by atoms with van der Waals surface area (Å²) in [5, 5.41) is 4.43. The van der Waals surface area contributed by atoms with Crippen molar-refractivity contribution < 1.29 is 13.9 Å². The third kappa shape index (κ3) is 6.10. The molecule has 152 valence electrons. The fourth-order valence-electron chi connectivity index (χ4n) is 2.95. The molecule has 6 heteroatoms. The number of hydrogen-bond acceptors (Lipinski definition) is 3. The minimum Gasteiger partial charge on any atom is -0.493 e. The van der Waals surface area contributed by atoms with Crippen molar-refractivity contribution in [1.82, 2.24) is 5.32 Å². The van der Waals surface area contributed by atoms with Crippen molar-refractivity contribution in [2.24, 2.45) is 0 Å². The van der Waals surface area contributed by atoms with Crippen LogP contribution in [0.25, 0.3) is 0 Å². The van der Waals surface area contributed by atoms with Gasteiger partial charge in [-0.25, -0.2) is 4.39 Å². The van der Waals surface area contributed by atoms with Gasteiger partial charge < -0.3 is 14.8 Å². The molecule has 0 aromatic heterocycles. The topological polar surface area (TPSA) is 30.5 Å². The molecule has 0 atom stereocenters. The number of benzene rings is 3. The van der Waals surface area contributed by atoms with Crippen LogP contribution in [0.2, 0.25) is 10.0 Å². The van der Waals surface area contributed by atoms with Crippen molar-refractivity contribution >= 4 is 23.2 Å². The van der Waals surface area contributed by atoms with E-state index in [4.69, 9.17) is 32.7 Å². The Balaban J connectivity index is 1.59. The Morgan fingerprint density at radius 3 is 2.55 bits per heavy atom. The quantitative estimate of drug-likeness (QED) is 0.416. The molecular weight excluding hydrogens is 412 g/mol. The van der Waals surface area contributed by atoms with E-state index in [9.17, 15) is 4.39 Å². The van der Waals surface area contributed by atoms with Gasteiger partial charge in [-0.15, -0.1) is 0 Å². The summed E-state index contributed by atoms with van der Waals surface area (Å²) < 4.78 is 25.0. The summed E-state index contributed by atoms with van der Waals surface area (Å²) in [5.74, 6) is 0.870. The lowest BCUT2D eigenvalue weighted by Gasteiger charge is -2.15. The molecule has 3 aromatic rings. The van der Waals surface area contributed by atoms with Crippen LogP contribution in [0, 0.1) is 5.82 Å². The second-order valence-electron chi connectivity index (χ2n) is 6.55. The Morgan fingerprint density at radius 2 is 1.79 bits per heavy atom. The Hall–Kier alpha value is -2.27. The van der Waals surface area contributed by atoms with Crippen LogP contribution in [0.5, 0.6) is 11.5 Å². The SMILES string of the molecule is COc1cc(CNCCc2ccccc2F)cc(Cl)c1OCc1cccc(Cl)c1. The molecule has 3 rings (SSSR count). The van der Waals surface area contributed by atoms with E-state index in [1.165, 1.54) is 6.07 Å². The van der Waals surface area contributed by atoms with Crippen molar-refractivity contribution in [1.29, 1.82) is 0 Å². The fraction of sp³-hybridized carbons (Fsp3) is 0.217. The van der Waals surface area contributed by atoms with Gasteiger partial charge in [0.15, 0.2) is 11.5 Å². The third-order valence-electron chi connectivity index (χ3n) is 4.42. The molecule has 0 aliphatic rings. The lowest BCUT2D eigenvalue weighted by atomic mass is 10.1. The Labute approximate surface area is 180 Å². The molecule has 0 unspecified atom stereocenters. The predicted octanol–water partition coefficient (Wildman–Crippen LogP) is 6.05. The van der Waals surface area contributed by atoms with Gasteiger partial charge >= 0.3 is 0 Å². The zero-order chi connectivity index (χ0) is 20.6. The van der Waals surface area contributed by atoms with Gasteiger partial charge in [0.2, 0.25) is 0 Å². The molecule has 1 N–H and O–H groups in total. The maximum atomic E-state index is 13.7. The van der Waals surface area contributed by atoms with Gasteiger partial charge in [-0.05, 0) is 60.0 Å². The van der Waals surface area contributed by atoms with E-state index in [0.717, 1.165) is 11.1 Å². The van der Waals surface area contributed by atoms with Crippen molar-refractivity contribution in [3.63, 3.8) is 0 Å². The Kier molecular flexibility index (Phi) is 7.76. The number of nitrogens with one attached hydrogen (secondary N) is 1. The third-order valence-corrected chi connectivity index (χ3v) is 4.94. The van der Waals surface area contributed by atoms with Crippen LogP contribution in [0.4, 0.5) is 4.39 Å². The fourth-order valence-corrected chi connectivity index (χ4v) is 3.46. The number of methoxy groups -OCH3 is 1. The monoisotopic (exact) mass is 433 g/mol. The number of ether oxygens (including phenoxy) is 2. The molecule has 0 aliphatic heterocycles. The van der Waals surface area contributed by atoms with Gasteiger partial charge in [0.05, 0.1) is 12.1 Å². The molecule has 0 radical (unpaired) electrons. The Bertz CT molecular complexity index is 965. The molecule has 0 heterocycles. The van der Waals surface area contributed by atoms with E-state index in [2.05, 4.69) is 5.32 Å². The average molecular weight is 434 g/mol. The zero-order valence-electron chi connectivity index (χ0n) is 16.1. The first-order valence-electron chi connectivity index (χ1n) is 9.24. The lowest BCUT2D eigenvalue weighted by Crippen LogP contribution is -2.17. The molecule has 3 nitrogen and oxygen atoms in total. The first-order chi connectivity index (χ1) is 14.1. The highest BCUT2D eigenvalue weighted by Crippen LogP contribution is 2.37. The van der Waals surface area contributed by atoms with E-state index in [1.807, 2.05) is 42.5 Å². The van der Waals surface area contributed by atoms with Gasteiger partial charge in [0.25, 0.3) is 0 Å². The highest BCUT2D eigenvalue weighted by molar-refractivity contribution is 6.32. The van der Waals surface area contributed by atoms with Crippen molar-refractivity contribution in [3.05, 3.63) is 93.2 Å². The van der Waals surface area contributed by atoms with Gasteiger partial charge in [0, 0.05) is 11.6 Å². The molecule has 29 heavy (non-hydrogen) atoms. The molecule has 0 saturated heterocycles. The molecule has 0 saturated carbocycles. The summed E-state index contributed by atoms with van der Waals surface area (Å²) in [7, 11) is 1.58. The van der Waals surface area contributed by atoms with Crippen LogP contribution in [-0.4, -0.2) is 13.7 Å². The minimum absolute atomic E-state index is 0.180. The molecule has 3 aromatic carbocycles. The maximum Gasteiger partial charge on any atom is 0.180 e. The number of hydrogen-bond donors (Lipinski definition) is 1. The smallest absolute Gasteiger partial charge is 0.180 e. The zero-order valence-corrected chi connectivity index (χ0v) is 17.6. The largest absolute Gasteiger partial charge is 0.493 e. The molecule has 0 aliphatic carbocycles. The van der Waals surface area contributed by atoms with E-state index in [-0.39, 0.29) is 5.82 Å². The van der Waals surface area contributed by atoms with E-state index in [0.29, 0.717) is 53.2 Å². The highest BCUT2D eigenvalue weighted by Gasteiger charge is 2.12. The first-order valence-corrected chi connectivity index (χ1v) is 10.00. The predicted molar refractivity (Wildman–Crippen MR) is 116 cm³/mol. The summed E-state index contributed by atoms with van der Waals surface area (Å²) in [5.41, 5.74) is 2.59. The van der Waals surface area contributed by atoms with Crippen LogP contribution < -0.4 is 14.8 Å². The van der Waals surface area contributed by atoms with E-state index >= 15 is 0 Å². The lowest BCUT2D eigenvalue weighted by molar-refractivity contribution is 0.284. The summed E-state index contributed by atoms with van der Waals surface area (Å²) in [4.78, 5) is 0. The maximum absolute atomic E-state index is 13.7. The van der Waals surface area contributed by atoms with Crippen molar-refractivity contribution in [3.8, 4) is 11.5 Å². The van der Waals surface area contributed by atoms with Crippen molar-refractivity contribution in [2.45, 2.75) is 19.6 Å². The van der Waals surface area contributed by atoms with E-state index < -0.39 is 0 Å². The summed E-state index contributed by atoms with van der Waals surface area (Å²) >= 11 is 12.4. The summed E-state index contributed by atoms with van der Waals surface area (Å²) in [6.45, 7) is 1.56. The van der Waals surface area contributed by atoms with Crippen molar-refractivity contribution in [2.75, 3.05) is 13.7 Å². The van der Waals surface area contributed by atoms with Gasteiger partial charge in [-0.1, -0.05) is 53.5 Å². The van der Waals surface area contributed by atoms with Crippen LogP contribution in [0.3, 0.4) is 0 Å². The molecule has 0 bridgehead atoms. The van der Waals surface area contributed by atoms with Crippen LogP contribution in [0.1, 0.15) is 16.7 Å². The normalized spacial score (nSPS) is 10.8. The van der Waals surface area contributed by atoms with E-state index in [1.54, 1.807) is 19.2 Å². The number of halogens is 3. The average Bonchev–Trinajstić information content (AvgIpc) is 2.71. The number of rotatable bonds is 9. The van der Waals surface area contributed by atoms with Gasteiger partial charge in [0.1, 0.15) is 12.4 Å². The van der Waals surface area contributed by atoms with Crippen LogP contribution in [-0.2, 0) is 19.6 Å². The summed E-state index contributed by atoms with van der Waals surface area (Å²) in [6.07, 6.45) is 0.609. The minimum atomic E-state index is -0.180. The molecule has 0 spiro atoms. The van der Waals surface area contributed by atoms with Gasteiger partial charge in [-0.2, -0.15) is 0 Å². The first kappa shape index (κ1) is 21.4. The molecule has 0 amide bonds. The van der Waals surface area contributed by atoms with Crippen LogP contribution in [0.15, 0.2) is 60.7 Å². The second kappa shape index (κ2) is 10.5. The Morgan fingerprint density at radius 1 is 0.966 bits per heavy atom. The standard InChI is InChI=1S/C23H22Cl2FNO2/c1-28-22-13-17(14-27-10-9-18-6-2-3-8-21(18)26)12-20(25)23(22)29-15-16-5-4-7-19(24)11-16/h2-8,11-13,27H,9-10,14-15H2,1H3.